The van der Waals surface area contributed by atoms with E-state index in [4.69, 9.17) is 11.8 Å². The smallest absolute Gasteiger partial charge is 0.222 e. The molecule has 0 radical (unpaired) electrons. The molecule has 0 saturated carbocycles. The highest BCUT2D eigenvalue weighted by Gasteiger charge is 2.01. The summed E-state index contributed by atoms with van der Waals surface area (Å²) < 4.78 is 12.7. The zero-order valence-corrected chi connectivity index (χ0v) is 6.21. The van der Waals surface area contributed by atoms with Crippen molar-refractivity contribution in [3.05, 3.63) is 41.0 Å². The molecule has 0 aromatic heterocycles. The predicted octanol–water partition coefficient (Wildman–Crippen LogP) is 2.44. The molecule has 0 heterocycles. The van der Waals surface area contributed by atoms with E-state index in [-0.39, 0.29) is 12.1 Å². The Labute approximate surface area is 69.7 Å². The quantitative estimate of drug-likeness (QED) is 0.580. The van der Waals surface area contributed by atoms with Gasteiger partial charge >= 0.3 is 0 Å². The molecule has 2 nitrogen and oxygen atoms in total. The fraction of sp³-hybridized carbons (Fsp3) is 0.111. The van der Waals surface area contributed by atoms with Gasteiger partial charge in [-0.15, -0.1) is 0 Å². The van der Waals surface area contributed by atoms with Crippen LogP contribution in [0.5, 0.6) is 0 Å². The van der Waals surface area contributed by atoms with Crippen LogP contribution < -0.4 is 0 Å². The number of nitriles is 1. The van der Waals surface area contributed by atoms with Crippen LogP contribution in [0, 0.1) is 23.7 Å². The molecule has 0 N–H and O–H groups in total. The van der Waals surface area contributed by atoms with Gasteiger partial charge in [0.15, 0.2) is 0 Å². The third kappa shape index (κ3) is 1.59. The van der Waals surface area contributed by atoms with Crippen molar-refractivity contribution < 1.29 is 4.39 Å². The van der Waals surface area contributed by atoms with Crippen molar-refractivity contribution in [3.8, 4) is 6.07 Å². The van der Waals surface area contributed by atoms with Crippen molar-refractivity contribution >= 4 is 5.69 Å². The maximum atomic E-state index is 12.7. The lowest BCUT2D eigenvalue weighted by Gasteiger charge is -1.95. The summed E-state index contributed by atoms with van der Waals surface area (Å²) in [7, 11) is 0. The SMILES string of the molecule is [C-]#[N+]c1cc(CC#N)ccc1F. The van der Waals surface area contributed by atoms with Crippen LogP contribution in [0.15, 0.2) is 18.2 Å². The van der Waals surface area contributed by atoms with Gasteiger partial charge in [0, 0.05) is 0 Å². The fourth-order valence-corrected chi connectivity index (χ4v) is 0.845. The summed E-state index contributed by atoms with van der Waals surface area (Å²) in [6.07, 6.45) is 0.211. The van der Waals surface area contributed by atoms with Gasteiger partial charge in [-0.05, 0) is 17.7 Å². The van der Waals surface area contributed by atoms with E-state index in [1.165, 1.54) is 18.2 Å². The topological polar surface area (TPSA) is 28.1 Å². The molecule has 0 unspecified atom stereocenters. The molecule has 0 aliphatic rings. The predicted molar refractivity (Wildman–Crippen MR) is 42.0 cm³/mol. The number of rotatable bonds is 1. The van der Waals surface area contributed by atoms with Gasteiger partial charge in [-0.2, -0.15) is 5.26 Å². The molecule has 1 aromatic rings. The van der Waals surface area contributed by atoms with Crippen LogP contribution in [0.1, 0.15) is 5.56 Å². The lowest BCUT2D eigenvalue weighted by Crippen LogP contribution is -1.82. The Balaban J connectivity index is 3.09. The van der Waals surface area contributed by atoms with Crippen molar-refractivity contribution in [1.29, 1.82) is 5.26 Å². The summed E-state index contributed by atoms with van der Waals surface area (Å²) >= 11 is 0. The summed E-state index contributed by atoms with van der Waals surface area (Å²) in [5, 5.41) is 8.33. The summed E-state index contributed by atoms with van der Waals surface area (Å²) in [5.74, 6) is -0.535. The Kier molecular flexibility index (Phi) is 2.40. The second-order valence-electron chi connectivity index (χ2n) is 2.23. The molecule has 0 fully saturated rings. The number of halogens is 1. The number of hydrogen-bond acceptors (Lipinski definition) is 1. The Morgan fingerprint density at radius 3 is 2.92 bits per heavy atom. The van der Waals surface area contributed by atoms with Gasteiger partial charge in [0.25, 0.3) is 0 Å². The third-order valence-electron chi connectivity index (χ3n) is 1.41. The van der Waals surface area contributed by atoms with Crippen LogP contribution in [0.2, 0.25) is 0 Å². The minimum Gasteiger partial charge on any atom is -0.235 e. The Morgan fingerprint density at radius 1 is 1.58 bits per heavy atom. The first-order valence-corrected chi connectivity index (χ1v) is 3.30. The molecule has 3 heteroatoms. The zero-order chi connectivity index (χ0) is 8.97. The molecule has 12 heavy (non-hydrogen) atoms. The van der Waals surface area contributed by atoms with Gasteiger partial charge in [0.05, 0.1) is 19.1 Å². The van der Waals surface area contributed by atoms with Gasteiger partial charge in [-0.3, -0.25) is 0 Å². The average Bonchev–Trinajstić information content (AvgIpc) is 2.09. The lowest BCUT2D eigenvalue weighted by atomic mass is 10.1. The first kappa shape index (κ1) is 8.23. The van der Waals surface area contributed by atoms with Crippen LogP contribution in [0.25, 0.3) is 4.85 Å². The van der Waals surface area contributed by atoms with Crippen molar-refractivity contribution in [2.24, 2.45) is 0 Å². The summed E-state index contributed by atoms with van der Waals surface area (Å²) in [6.45, 7) is 6.62. The fourth-order valence-electron chi connectivity index (χ4n) is 0.845. The number of nitrogens with zero attached hydrogens (tertiary/aromatic N) is 2. The monoisotopic (exact) mass is 160 g/mol. The highest BCUT2D eigenvalue weighted by Crippen LogP contribution is 2.19. The Hall–Kier alpha value is -1.87. The Morgan fingerprint density at radius 2 is 2.33 bits per heavy atom. The van der Waals surface area contributed by atoms with E-state index in [0.29, 0.717) is 5.56 Å². The second-order valence-corrected chi connectivity index (χ2v) is 2.23. The van der Waals surface area contributed by atoms with Crippen LogP contribution in [0.4, 0.5) is 10.1 Å². The van der Waals surface area contributed by atoms with E-state index in [2.05, 4.69) is 4.85 Å². The van der Waals surface area contributed by atoms with Crippen LogP contribution in [0.3, 0.4) is 0 Å². The van der Waals surface area contributed by atoms with Crippen molar-refractivity contribution in [2.45, 2.75) is 6.42 Å². The molecule has 0 amide bonds. The van der Waals surface area contributed by atoms with Gasteiger partial charge in [-0.25, -0.2) is 9.24 Å². The molecule has 0 aliphatic carbocycles. The molecular weight excluding hydrogens is 155 g/mol. The third-order valence-corrected chi connectivity index (χ3v) is 1.41. The van der Waals surface area contributed by atoms with E-state index in [1.807, 2.05) is 6.07 Å². The van der Waals surface area contributed by atoms with Gasteiger partial charge in [0.2, 0.25) is 5.69 Å². The van der Waals surface area contributed by atoms with E-state index in [0.717, 1.165) is 0 Å². The van der Waals surface area contributed by atoms with Crippen molar-refractivity contribution in [3.63, 3.8) is 0 Å². The molecule has 1 rings (SSSR count). The molecule has 58 valence electrons. The summed E-state index contributed by atoms with van der Waals surface area (Å²) in [4.78, 5) is 2.98. The largest absolute Gasteiger partial charge is 0.235 e. The lowest BCUT2D eigenvalue weighted by molar-refractivity contribution is 0.633. The van der Waals surface area contributed by atoms with Crippen LogP contribution >= 0.6 is 0 Å². The van der Waals surface area contributed by atoms with Crippen molar-refractivity contribution in [2.75, 3.05) is 0 Å². The van der Waals surface area contributed by atoms with Crippen molar-refractivity contribution in [1.82, 2.24) is 0 Å². The number of benzene rings is 1. The zero-order valence-electron chi connectivity index (χ0n) is 6.21. The Bertz CT molecular complexity index is 371. The second kappa shape index (κ2) is 3.50. The van der Waals surface area contributed by atoms with Crippen LogP contribution in [-0.2, 0) is 6.42 Å². The molecule has 1 aromatic carbocycles. The van der Waals surface area contributed by atoms with Gasteiger partial charge < -0.3 is 0 Å². The molecule has 0 bridgehead atoms. The summed E-state index contributed by atoms with van der Waals surface area (Å²) in [6, 6.07) is 6.04. The van der Waals surface area contributed by atoms with E-state index in [9.17, 15) is 4.39 Å². The van der Waals surface area contributed by atoms with Gasteiger partial charge in [0.1, 0.15) is 5.82 Å². The molecule has 0 atom stereocenters. The summed E-state index contributed by atoms with van der Waals surface area (Å²) in [5.41, 5.74) is 0.646. The van der Waals surface area contributed by atoms with E-state index in [1.54, 1.807) is 0 Å². The molecule has 0 saturated heterocycles. The van der Waals surface area contributed by atoms with E-state index < -0.39 is 5.82 Å². The minimum absolute atomic E-state index is 0.0252. The maximum Gasteiger partial charge on any atom is 0.222 e. The van der Waals surface area contributed by atoms with Gasteiger partial charge in [-0.1, -0.05) is 6.07 Å². The highest BCUT2D eigenvalue weighted by atomic mass is 19.1. The standard InChI is InChI=1S/C9H5FN2/c1-12-9-6-7(4-5-11)2-3-8(9)10/h2-3,6H,4H2. The maximum absolute atomic E-state index is 12.7. The first-order chi connectivity index (χ1) is 5.77. The van der Waals surface area contributed by atoms with Crippen LogP contribution in [-0.4, -0.2) is 0 Å². The minimum atomic E-state index is -0.535. The average molecular weight is 160 g/mol. The molecule has 0 spiro atoms. The molecular formula is C9H5FN2. The first-order valence-electron chi connectivity index (χ1n) is 3.30. The number of hydrogen-bond donors (Lipinski definition) is 0. The molecule has 0 aliphatic heterocycles. The van der Waals surface area contributed by atoms with E-state index >= 15 is 0 Å². The highest BCUT2D eigenvalue weighted by molar-refractivity contribution is 5.48. The normalized spacial score (nSPS) is 8.58.